The van der Waals surface area contributed by atoms with Crippen molar-refractivity contribution in [2.45, 2.75) is 0 Å². The van der Waals surface area contributed by atoms with E-state index in [1.807, 2.05) is 24.3 Å². The average Bonchev–Trinajstić information content (AvgIpc) is 3.15. The summed E-state index contributed by atoms with van der Waals surface area (Å²) in [5.74, 6) is 1.70. The summed E-state index contributed by atoms with van der Waals surface area (Å²) in [4.78, 5) is 23.4. The van der Waals surface area contributed by atoms with E-state index in [1.54, 1.807) is 24.8 Å². The van der Waals surface area contributed by atoms with E-state index in [1.165, 1.54) is 21.9 Å². The van der Waals surface area contributed by atoms with Crippen LogP contribution in [0.25, 0.3) is 78.3 Å². The highest BCUT2D eigenvalue weighted by molar-refractivity contribution is 5.96. The lowest BCUT2D eigenvalue weighted by Gasteiger charge is -2.17. The fourth-order valence-electron chi connectivity index (χ4n) is 5.85. The van der Waals surface area contributed by atoms with E-state index in [-0.39, 0.29) is 0 Å². The molecule has 0 aliphatic heterocycles. The van der Waals surface area contributed by atoms with Crippen LogP contribution in [0.3, 0.4) is 0 Å². The third-order valence-electron chi connectivity index (χ3n) is 8.12. The van der Waals surface area contributed by atoms with Crippen LogP contribution in [0.2, 0.25) is 0 Å². The lowest BCUT2D eigenvalue weighted by Crippen LogP contribution is -2.01. The van der Waals surface area contributed by atoms with Gasteiger partial charge in [-0.3, -0.25) is 9.97 Å². The second-order valence-corrected chi connectivity index (χ2v) is 11.0. The van der Waals surface area contributed by atoms with E-state index in [0.717, 1.165) is 38.9 Å². The molecule has 0 spiro atoms. The van der Waals surface area contributed by atoms with Crippen molar-refractivity contribution >= 4 is 10.8 Å². The van der Waals surface area contributed by atoms with Gasteiger partial charge in [0.15, 0.2) is 17.5 Å². The molecule has 216 valence electrons. The van der Waals surface area contributed by atoms with Crippen LogP contribution in [0, 0.1) is 0 Å². The molecular formula is C41H27N5. The molecule has 0 bridgehead atoms. The zero-order valence-electron chi connectivity index (χ0n) is 24.8. The first-order valence-electron chi connectivity index (χ1n) is 15.2. The number of rotatable bonds is 6. The van der Waals surface area contributed by atoms with Crippen molar-refractivity contribution in [3.8, 4) is 67.5 Å². The predicted octanol–water partition coefficient (Wildman–Crippen LogP) is 9.82. The maximum atomic E-state index is 4.97. The van der Waals surface area contributed by atoms with Crippen LogP contribution < -0.4 is 0 Å². The predicted molar refractivity (Wildman–Crippen MR) is 186 cm³/mol. The minimum absolute atomic E-state index is 0.558. The lowest BCUT2D eigenvalue weighted by molar-refractivity contribution is 1.07. The van der Waals surface area contributed by atoms with E-state index in [2.05, 4.69) is 125 Å². The molecule has 0 saturated heterocycles. The maximum Gasteiger partial charge on any atom is 0.165 e. The molecule has 3 aromatic heterocycles. The quantitative estimate of drug-likeness (QED) is 0.193. The van der Waals surface area contributed by atoms with Crippen LogP contribution in [-0.4, -0.2) is 24.9 Å². The van der Waals surface area contributed by atoms with Gasteiger partial charge in [0.1, 0.15) is 0 Å². The van der Waals surface area contributed by atoms with E-state index in [0.29, 0.717) is 17.5 Å². The Labute approximate surface area is 267 Å². The Bertz CT molecular complexity index is 2250. The average molecular weight is 590 g/mol. The Kier molecular flexibility index (Phi) is 7.09. The summed E-state index contributed by atoms with van der Waals surface area (Å²) < 4.78 is 0. The summed E-state index contributed by atoms with van der Waals surface area (Å²) in [6.45, 7) is 0. The van der Waals surface area contributed by atoms with Crippen LogP contribution >= 0.6 is 0 Å². The lowest BCUT2D eigenvalue weighted by atomic mass is 9.88. The van der Waals surface area contributed by atoms with Gasteiger partial charge in [0, 0.05) is 41.5 Å². The largest absolute Gasteiger partial charge is 0.264 e. The Morgan fingerprint density at radius 3 is 1.52 bits per heavy atom. The first kappa shape index (κ1) is 27.2. The smallest absolute Gasteiger partial charge is 0.165 e. The van der Waals surface area contributed by atoms with E-state index in [9.17, 15) is 0 Å². The molecule has 0 amide bonds. The molecule has 5 nitrogen and oxygen atoms in total. The topological polar surface area (TPSA) is 64.5 Å². The van der Waals surface area contributed by atoms with Gasteiger partial charge in [-0.15, -0.1) is 0 Å². The maximum absolute atomic E-state index is 4.97. The first-order chi connectivity index (χ1) is 22.8. The Morgan fingerprint density at radius 2 is 0.848 bits per heavy atom. The Morgan fingerprint density at radius 1 is 0.304 bits per heavy atom. The van der Waals surface area contributed by atoms with Crippen LogP contribution in [0.4, 0.5) is 0 Å². The zero-order chi connectivity index (χ0) is 30.7. The molecule has 0 fully saturated rings. The van der Waals surface area contributed by atoms with Gasteiger partial charge in [0.05, 0.1) is 0 Å². The van der Waals surface area contributed by atoms with Crippen molar-refractivity contribution in [2.24, 2.45) is 0 Å². The summed E-state index contributed by atoms with van der Waals surface area (Å²) in [7, 11) is 0. The third-order valence-corrected chi connectivity index (χ3v) is 8.12. The molecule has 8 rings (SSSR count). The molecule has 0 saturated carbocycles. The normalized spacial score (nSPS) is 11.0. The number of benzene rings is 5. The summed E-state index contributed by atoms with van der Waals surface area (Å²) in [5.41, 5.74) is 9.38. The van der Waals surface area contributed by atoms with Gasteiger partial charge >= 0.3 is 0 Å². The standard InChI is InChI=1S/C41H27N5/c1-2-11-29(12-3-1)35-16-6-7-17-36(35)37-21-20-32(25-38(37)31-19-18-28-10-4-5-13-30(28)24-31)39-44-40(33-14-8-22-42-26-33)46-41(45-39)34-15-9-23-43-27-34/h1-27H. The summed E-state index contributed by atoms with van der Waals surface area (Å²) in [5, 5.41) is 2.39. The first-order valence-corrected chi connectivity index (χ1v) is 15.2. The molecule has 0 aliphatic carbocycles. The number of aromatic nitrogens is 5. The van der Waals surface area contributed by atoms with Crippen molar-refractivity contribution in [2.75, 3.05) is 0 Å². The second-order valence-electron chi connectivity index (χ2n) is 11.0. The molecule has 8 aromatic rings. The minimum Gasteiger partial charge on any atom is -0.264 e. The highest BCUT2D eigenvalue weighted by Gasteiger charge is 2.17. The fraction of sp³-hybridized carbons (Fsp3) is 0. The van der Waals surface area contributed by atoms with E-state index >= 15 is 0 Å². The van der Waals surface area contributed by atoms with Crippen LogP contribution in [0.15, 0.2) is 164 Å². The van der Waals surface area contributed by atoms with Gasteiger partial charge in [0.2, 0.25) is 0 Å². The van der Waals surface area contributed by atoms with Crippen molar-refractivity contribution in [3.05, 3.63) is 164 Å². The number of pyridine rings is 2. The van der Waals surface area contributed by atoms with Crippen molar-refractivity contribution < 1.29 is 0 Å². The number of nitrogens with zero attached hydrogens (tertiary/aromatic N) is 5. The summed E-state index contributed by atoms with van der Waals surface area (Å²) in [6, 6.07) is 48.4. The molecule has 0 radical (unpaired) electrons. The monoisotopic (exact) mass is 589 g/mol. The Balaban J connectivity index is 1.36. The van der Waals surface area contributed by atoms with Crippen LogP contribution in [-0.2, 0) is 0 Å². The SMILES string of the molecule is c1ccc(-c2ccccc2-c2ccc(-c3nc(-c4cccnc4)nc(-c4cccnc4)n3)cc2-c2ccc3ccccc3c2)cc1. The molecule has 0 aliphatic rings. The van der Waals surface area contributed by atoms with Crippen LogP contribution in [0.5, 0.6) is 0 Å². The van der Waals surface area contributed by atoms with Gasteiger partial charge in [0.25, 0.3) is 0 Å². The van der Waals surface area contributed by atoms with Crippen molar-refractivity contribution in [1.82, 2.24) is 24.9 Å². The molecule has 0 unspecified atom stereocenters. The van der Waals surface area contributed by atoms with Gasteiger partial charge in [-0.05, 0) is 80.6 Å². The van der Waals surface area contributed by atoms with Crippen LogP contribution in [0.1, 0.15) is 0 Å². The molecule has 0 atom stereocenters. The molecule has 46 heavy (non-hydrogen) atoms. The molecule has 3 heterocycles. The molecular weight excluding hydrogens is 562 g/mol. The third kappa shape index (κ3) is 5.31. The summed E-state index contributed by atoms with van der Waals surface area (Å²) >= 11 is 0. The number of hydrogen-bond acceptors (Lipinski definition) is 5. The highest BCUT2D eigenvalue weighted by Crippen LogP contribution is 2.40. The van der Waals surface area contributed by atoms with Crippen molar-refractivity contribution in [3.63, 3.8) is 0 Å². The van der Waals surface area contributed by atoms with E-state index < -0.39 is 0 Å². The molecule has 5 aromatic carbocycles. The second kappa shape index (κ2) is 12.0. The minimum atomic E-state index is 0.558. The van der Waals surface area contributed by atoms with E-state index in [4.69, 9.17) is 15.0 Å². The van der Waals surface area contributed by atoms with Crippen molar-refractivity contribution in [1.29, 1.82) is 0 Å². The molecule has 0 N–H and O–H groups in total. The number of fused-ring (bicyclic) bond motifs is 1. The number of hydrogen-bond donors (Lipinski definition) is 0. The zero-order valence-corrected chi connectivity index (χ0v) is 24.8. The fourth-order valence-corrected chi connectivity index (χ4v) is 5.85. The van der Waals surface area contributed by atoms with Gasteiger partial charge in [-0.25, -0.2) is 15.0 Å². The molecule has 5 heteroatoms. The Hall–Kier alpha value is -6.33. The van der Waals surface area contributed by atoms with Gasteiger partial charge < -0.3 is 0 Å². The van der Waals surface area contributed by atoms with Gasteiger partial charge in [-0.2, -0.15) is 0 Å². The van der Waals surface area contributed by atoms with Gasteiger partial charge in [-0.1, -0.05) is 103 Å². The summed E-state index contributed by atoms with van der Waals surface area (Å²) in [6.07, 6.45) is 7.04. The highest BCUT2D eigenvalue weighted by atomic mass is 15.0.